The molecule has 2 aromatic heterocycles. The third-order valence-corrected chi connectivity index (χ3v) is 4.98. The smallest absolute Gasteiger partial charge is 0.299 e. The van der Waals surface area contributed by atoms with Gasteiger partial charge >= 0.3 is 0 Å². The van der Waals surface area contributed by atoms with E-state index in [-0.39, 0.29) is 0 Å². The second kappa shape index (κ2) is 7.67. The van der Waals surface area contributed by atoms with Crippen molar-refractivity contribution in [3.05, 3.63) is 54.4 Å². The Morgan fingerprint density at radius 3 is 2.78 bits per heavy atom. The number of benzene rings is 1. The van der Waals surface area contributed by atoms with Gasteiger partial charge in [-0.1, -0.05) is 18.2 Å². The van der Waals surface area contributed by atoms with Crippen LogP contribution in [0.25, 0.3) is 5.65 Å². The lowest BCUT2D eigenvalue weighted by Gasteiger charge is -2.35. The fraction of sp³-hybridized carbons (Fsp3) is 0.300. The normalized spacial score (nSPS) is 15.1. The highest BCUT2D eigenvalue weighted by Crippen LogP contribution is 2.28. The molecule has 0 unspecified atom stereocenters. The van der Waals surface area contributed by atoms with Crippen molar-refractivity contribution in [2.24, 2.45) is 0 Å². The number of rotatable bonds is 6. The standard InChI is InChI=1S/C20H23N5O2/c1-23-10-12-24(13-11-23)18-5-3-2-4-16(18)14-22-17-6-7-19-21-8-9-25(19)20(17)27-15-26/h2-9,15,22H,10-14H2,1H3. The highest BCUT2D eigenvalue weighted by atomic mass is 16.5. The number of fused-ring (bicyclic) bond motifs is 1. The first kappa shape index (κ1) is 17.4. The Morgan fingerprint density at radius 2 is 1.96 bits per heavy atom. The monoisotopic (exact) mass is 365 g/mol. The average molecular weight is 365 g/mol. The van der Waals surface area contributed by atoms with Gasteiger partial charge in [-0.15, -0.1) is 0 Å². The van der Waals surface area contributed by atoms with Crippen molar-refractivity contribution >= 4 is 23.5 Å². The van der Waals surface area contributed by atoms with Gasteiger partial charge in [0.15, 0.2) is 0 Å². The fourth-order valence-electron chi connectivity index (χ4n) is 3.48. The van der Waals surface area contributed by atoms with E-state index in [0.29, 0.717) is 18.9 Å². The molecule has 1 N–H and O–H groups in total. The van der Waals surface area contributed by atoms with Crippen molar-refractivity contribution in [3.8, 4) is 5.88 Å². The summed E-state index contributed by atoms with van der Waals surface area (Å²) in [5.41, 5.74) is 3.94. The molecule has 1 saturated heterocycles. The molecule has 1 fully saturated rings. The molecule has 1 aromatic carbocycles. The number of hydrogen-bond donors (Lipinski definition) is 1. The summed E-state index contributed by atoms with van der Waals surface area (Å²) in [4.78, 5) is 20.0. The molecule has 0 radical (unpaired) electrons. The number of nitrogens with zero attached hydrogens (tertiary/aromatic N) is 4. The van der Waals surface area contributed by atoms with Crippen LogP contribution in [0.4, 0.5) is 11.4 Å². The lowest BCUT2D eigenvalue weighted by Crippen LogP contribution is -2.44. The predicted molar refractivity (Wildman–Crippen MR) is 105 cm³/mol. The molecule has 0 saturated carbocycles. The zero-order valence-corrected chi connectivity index (χ0v) is 15.3. The van der Waals surface area contributed by atoms with Crippen LogP contribution in [0.2, 0.25) is 0 Å². The number of ether oxygens (including phenoxy) is 1. The lowest BCUT2D eigenvalue weighted by molar-refractivity contribution is -0.120. The topological polar surface area (TPSA) is 62.1 Å². The van der Waals surface area contributed by atoms with E-state index in [4.69, 9.17) is 4.74 Å². The first-order valence-electron chi connectivity index (χ1n) is 9.08. The van der Waals surface area contributed by atoms with E-state index < -0.39 is 0 Å². The summed E-state index contributed by atoms with van der Waals surface area (Å²) < 4.78 is 6.97. The molecular weight excluding hydrogens is 342 g/mol. The average Bonchev–Trinajstić information content (AvgIpc) is 3.18. The number of piperazine rings is 1. The van der Waals surface area contributed by atoms with Crippen LogP contribution in [0.15, 0.2) is 48.8 Å². The van der Waals surface area contributed by atoms with Crippen LogP contribution in [0.3, 0.4) is 0 Å². The quantitative estimate of drug-likeness (QED) is 0.676. The Morgan fingerprint density at radius 1 is 1.15 bits per heavy atom. The van der Waals surface area contributed by atoms with E-state index in [1.54, 1.807) is 16.8 Å². The lowest BCUT2D eigenvalue weighted by atomic mass is 10.1. The summed E-state index contributed by atoms with van der Waals surface area (Å²) in [5.74, 6) is 0.442. The van der Waals surface area contributed by atoms with Crippen molar-refractivity contribution in [1.29, 1.82) is 0 Å². The van der Waals surface area contributed by atoms with Gasteiger partial charge in [0, 0.05) is 50.8 Å². The van der Waals surface area contributed by atoms with Gasteiger partial charge in [-0.05, 0) is 30.8 Å². The van der Waals surface area contributed by atoms with Crippen molar-refractivity contribution in [3.63, 3.8) is 0 Å². The summed E-state index contributed by atoms with van der Waals surface area (Å²) in [6.07, 6.45) is 3.46. The van der Waals surface area contributed by atoms with Gasteiger partial charge in [0.1, 0.15) is 5.65 Å². The highest BCUT2D eigenvalue weighted by molar-refractivity contribution is 5.64. The SMILES string of the molecule is CN1CCN(c2ccccc2CNc2ccc3nccn3c2OC=O)CC1. The number of hydrogen-bond acceptors (Lipinski definition) is 6. The van der Waals surface area contributed by atoms with Gasteiger partial charge in [0.05, 0.1) is 5.69 Å². The number of pyridine rings is 1. The number of para-hydroxylation sites is 1. The van der Waals surface area contributed by atoms with E-state index >= 15 is 0 Å². The molecule has 0 aliphatic carbocycles. The fourth-order valence-corrected chi connectivity index (χ4v) is 3.48. The number of nitrogens with one attached hydrogen (secondary N) is 1. The van der Waals surface area contributed by atoms with Crippen LogP contribution in [0, 0.1) is 0 Å². The molecule has 0 atom stereocenters. The van der Waals surface area contributed by atoms with E-state index in [1.807, 2.05) is 12.1 Å². The molecule has 1 aliphatic heterocycles. The van der Waals surface area contributed by atoms with E-state index in [2.05, 4.69) is 51.4 Å². The molecule has 27 heavy (non-hydrogen) atoms. The van der Waals surface area contributed by atoms with Crippen LogP contribution in [0.1, 0.15) is 5.56 Å². The summed E-state index contributed by atoms with van der Waals surface area (Å²) in [7, 11) is 2.16. The highest BCUT2D eigenvalue weighted by Gasteiger charge is 2.17. The molecule has 1 aliphatic rings. The minimum Gasteiger partial charge on any atom is -0.409 e. The molecule has 0 amide bonds. The largest absolute Gasteiger partial charge is 0.409 e. The zero-order valence-electron chi connectivity index (χ0n) is 15.3. The van der Waals surface area contributed by atoms with Crippen molar-refractivity contribution in [1.82, 2.24) is 14.3 Å². The maximum atomic E-state index is 11.0. The Labute approximate surface area is 158 Å². The van der Waals surface area contributed by atoms with Crippen LogP contribution in [0.5, 0.6) is 5.88 Å². The second-order valence-electron chi connectivity index (χ2n) is 6.69. The number of anilines is 2. The van der Waals surface area contributed by atoms with Gasteiger partial charge in [-0.2, -0.15) is 0 Å². The number of carbonyl (C=O) groups is 1. The summed E-state index contributed by atoms with van der Waals surface area (Å²) in [6.45, 7) is 5.25. The summed E-state index contributed by atoms with van der Waals surface area (Å²) in [6, 6.07) is 12.2. The Hall–Kier alpha value is -3.06. The summed E-state index contributed by atoms with van der Waals surface area (Å²) >= 11 is 0. The van der Waals surface area contributed by atoms with Crippen LogP contribution >= 0.6 is 0 Å². The second-order valence-corrected chi connectivity index (χ2v) is 6.69. The Balaban J connectivity index is 1.57. The molecule has 3 aromatic rings. The maximum Gasteiger partial charge on any atom is 0.299 e. The molecular formula is C20H23N5O2. The van der Waals surface area contributed by atoms with Crippen LogP contribution in [-0.4, -0.2) is 54.0 Å². The summed E-state index contributed by atoms with van der Waals surface area (Å²) in [5, 5.41) is 3.41. The third kappa shape index (κ3) is 3.59. The minimum atomic E-state index is 0.442. The predicted octanol–water partition coefficient (Wildman–Crippen LogP) is 2.23. The van der Waals surface area contributed by atoms with E-state index in [9.17, 15) is 4.79 Å². The third-order valence-electron chi connectivity index (χ3n) is 4.98. The van der Waals surface area contributed by atoms with E-state index in [1.165, 1.54) is 11.3 Å². The molecule has 0 spiro atoms. The van der Waals surface area contributed by atoms with Crippen LogP contribution in [-0.2, 0) is 11.3 Å². The molecule has 140 valence electrons. The molecule has 7 nitrogen and oxygen atoms in total. The number of carbonyl (C=O) groups excluding carboxylic acids is 1. The first-order chi connectivity index (χ1) is 13.3. The zero-order chi connectivity index (χ0) is 18.6. The van der Waals surface area contributed by atoms with Crippen molar-refractivity contribution < 1.29 is 9.53 Å². The van der Waals surface area contributed by atoms with Gasteiger partial charge in [-0.3, -0.25) is 9.20 Å². The van der Waals surface area contributed by atoms with Gasteiger partial charge in [-0.25, -0.2) is 4.98 Å². The van der Waals surface area contributed by atoms with Gasteiger partial charge in [0.25, 0.3) is 6.47 Å². The molecule has 0 bridgehead atoms. The molecule has 3 heterocycles. The van der Waals surface area contributed by atoms with Gasteiger partial charge < -0.3 is 19.9 Å². The Bertz CT molecular complexity index is 931. The molecule has 4 rings (SSSR count). The van der Waals surface area contributed by atoms with E-state index in [0.717, 1.165) is 37.5 Å². The minimum absolute atomic E-state index is 0.442. The Kier molecular flexibility index (Phi) is 4.93. The number of aromatic nitrogens is 2. The molecule has 7 heteroatoms. The van der Waals surface area contributed by atoms with Crippen molar-refractivity contribution in [2.45, 2.75) is 6.54 Å². The maximum absolute atomic E-state index is 11.0. The first-order valence-corrected chi connectivity index (χ1v) is 9.08. The van der Waals surface area contributed by atoms with Crippen LogP contribution < -0.4 is 15.0 Å². The number of imidazole rings is 1. The van der Waals surface area contributed by atoms with Crippen molar-refractivity contribution in [2.75, 3.05) is 43.4 Å². The number of likely N-dealkylation sites (N-methyl/N-ethyl adjacent to an activating group) is 1. The van der Waals surface area contributed by atoms with Gasteiger partial charge in [0.2, 0.25) is 5.88 Å².